The number of methoxy groups -OCH3 is 1. The van der Waals surface area contributed by atoms with Crippen LogP contribution < -0.4 is 10.2 Å². The molecule has 1 amide bonds. The summed E-state index contributed by atoms with van der Waals surface area (Å²) >= 11 is 3.46. The molecule has 0 radical (unpaired) electrons. The first-order valence-electron chi connectivity index (χ1n) is 10.6. The van der Waals surface area contributed by atoms with Gasteiger partial charge in [0.25, 0.3) is 0 Å². The number of fused-ring (bicyclic) bond motifs is 1. The number of esters is 1. The Morgan fingerprint density at radius 1 is 1.22 bits per heavy atom. The van der Waals surface area contributed by atoms with Crippen molar-refractivity contribution in [3.8, 4) is 0 Å². The van der Waals surface area contributed by atoms with Crippen LogP contribution in [0.25, 0.3) is 10.9 Å². The molecule has 32 heavy (non-hydrogen) atoms. The number of ether oxygens (including phenoxy) is 1. The van der Waals surface area contributed by atoms with Crippen molar-refractivity contribution in [2.75, 3.05) is 43.5 Å². The SMILES string of the molecule is COC(=O)c1[nH]c2ccc(Br)cc2c1NC(=O)CN1CCN(c2cccc(C)c2)C(C)C1. The zero-order valence-corrected chi connectivity index (χ0v) is 20.0. The average Bonchev–Trinajstić information content (AvgIpc) is 3.10. The van der Waals surface area contributed by atoms with Crippen LogP contribution >= 0.6 is 15.9 Å². The van der Waals surface area contributed by atoms with Crippen LogP contribution in [0.2, 0.25) is 0 Å². The molecule has 0 spiro atoms. The van der Waals surface area contributed by atoms with Gasteiger partial charge in [0.05, 0.1) is 19.3 Å². The minimum atomic E-state index is -0.520. The molecule has 2 heterocycles. The normalized spacial score (nSPS) is 16.9. The number of hydrogen-bond donors (Lipinski definition) is 2. The summed E-state index contributed by atoms with van der Waals surface area (Å²) in [6, 6.07) is 14.4. The van der Waals surface area contributed by atoms with E-state index in [-0.39, 0.29) is 24.2 Å². The summed E-state index contributed by atoms with van der Waals surface area (Å²) in [7, 11) is 1.32. The van der Waals surface area contributed by atoms with Crippen molar-refractivity contribution in [2.24, 2.45) is 0 Å². The summed E-state index contributed by atoms with van der Waals surface area (Å²) in [5.74, 6) is -0.680. The zero-order valence-electron chi connectivity index (χ0n) is 18.4. The molecule has 168 valence electrons. The standard InChI is InChI=1S/C24H27BrN4O3/c1-15-5-4-6-18(11-15)29-10-9-28(13-16(29)2)14-21(30)27-22-19-12-17(25)7-8-20(19)26-23(22)24(31)32-3/h4-8,11-12,16,26H,9-10,13-14H2,1-3H3,(H,27,30). The smallest absolute Gasteiger partial charge is 0.356 e. The molecule has 2 N–H and O–H groups in total. The van der Waals surface area contributed by atoms with Crippen molar-refractivity contribution in [3.05, 3.63) is 58.2 Å². The fourth-order valence-electron chi connectivity index (χ4n) is 4.30. The monoisotopic (exact) mass is 498 g/mol. The Bertz CT molecular complexity index is 1160. The number of nitrogens with one attached hydrogen (secondary N) is 2. The van der Waals surface area contributed by atoms with Gasteiger partial charge < -0.3 is 19.9 Å². The molecule has 1 unspecified atom stereocenters. The highest BCUT2D eigenvalue weighted by Gasteiger charge is 2.26. The molecule has 0 saturated carbocycles. The number of nitrogens with zero attached hydrogens (tertiary/aromatic N) is 2. The van der Waals surface area contributed by atoms with Crippen LogP contribution in [0, 0.1) is 6.92 Å². The molecule has 1 atom stereocenters. The van der Waals surface area contributed by atoms with Gasteiger partial charge in [0.2, 0.25) is 5.91 Å². The lowest BCUT2D eigenvalue weighted by Gasteiger charge is -2.41. The van der Waals surface area contributed by atoms with Gasteiger partial charge in [-0.2, -0.15) is 0 Å². The van der Waals surface area contributed by atoms with Gasteiger partial charge in [0.15, 0.2) is 0 Å². The summed E-state index contributed by atoms with van der Waals surface area (Å²) in [5.41, 5.74) is 3.90. The second-order valence-corrected chi connectivity index (χ2v) is 9.14. The van der Waals surface area contributed by atoms with E-state index in [1.807, 2.05) is 18.2 Å². The lowest BCUT2D eigenvalue weighted by Crippen LogP contribution is -2.53. The van der Waals surface area contributed by atoms with E-state index >= 15 is 0 Å². The molecular weight excluding hydrogens is 472 g/mol. The number of carbonyl (C=O) groups is 2. The maximum atomic E-state index is 12.9. The van der Waals surface area contributed by atoms with Crippen LogP contribution in [-0.2, 0) is 9.53 Å². The molecule has 4 rings (SSSR count). The second kappa shape index (κ2) is 9.34. The Hall–Kier alpha value is -2.84. The number of aryl methyl sites for hydroxylation is 1. The first-order valence-corrected chi connectivity index (χ1v) is 11.4. The number of amides is 1. The predicted molar refractivity (Wildman–Crippen MR) is 130 cm³/mol. The van der Waals surface area contributed by atoms with Crippen molar-refractivity contribution in [1.29, 1.82) is 0 Å². The van der Waals surface area contributed by atoms with Crippen LogP contribution in [0.1, 0.15) is 23.0 Å². The number of halogens is 1. The number of benzene rings is 2. The highest BCUT2D eigenvalue weighted by Crippen LogP contribution is 2.31. The van der Waals surface area contributed by atoms with Crippen LogP contribution in [0.5, 0.6) is 0 Å². The van der Waals surface area contributed by atoms with Gasteiger partial charge in [-0.05, 0) is 49.7 Å². The molecule has 1 aromatic heterocycles. The molecular formula is C24H27BrN4O3. The molecule has 1 aliphatic heterocycles. The van der Waals surface area contributed by atoms with Gasteiger partial charge in [0.1, 0.15) is 5.69 Å². The van der Waals surface area contributed by atoms with Crippen molar-refractivity contribution in [2.45, 2.75) is 19.9 Å². The number of hydrogen-bond acceptors (Lipinski definition) is 5. The third-order valence-electron chi connectivity index (χ3n) is 5.83. The van der Waals surface area contributed by atoms with Crippen molar-refractivity contribution in [3.63, 3.8) is 0 Å². The number of carbonyl (C=O) groups excluding carboxylic acids is 2. The van der Waals surface area contributed by atoms with Gasteiger partial charge in [-0.1, -0.05) is 28.1 Å². The molecule has 2 aromatic carbocycles. The van der Waals surface area contributed by atoms with E-state index in [2.05, 4.69) is 74.1 Å². The van der Waals surface area contributed by atoms with E-state index in [1.165, 1.54) is 18.4 Å². The number of aromatic nitrogens is 1. The topological polar surface area (TPSA) is 77.7 Å². The van der Waals surface area contributed by atoms with Crippen molar-refractivity contribution in [1.82, 2.24) is 9.88 Å². The fourth-order valence-corrected chi connectivity index (χ4v) is 4.66. The summed E-state index contributed by atoms with van der Waals surface area (Å²) in [6.07, 6.45) is 0. The third kappa shape index (κ3) is 4.66. The number of rotatable bonds is 5. The van der Waals surface area contributed by atoms with E-state index in [4.69, 9.17) is 4.74 Å². The first kappa shape index (κ1) is 22.4. The second-order valence-electron chi connectivity index (χ2n) is 8.22. The van der Waals surface area contributed by atoms with E-state index in [0.717, 1.165) is 35.0 Å². The van der Waals surface area contributed by atoms with E-state index in [0.29, 0.717) is 5.69 Å². The first-order chi connectivity index (χ1) is 15.4. The minimum Gasteiger partial charge on any atom is -0.464 e. The van der Waals surface area contributed by atoms with Gasteiger partial charge in [-0.25, -0.2) is 4.79 Å². The van der Waals surface area contributed by atoms with Gasteiger partial charge >= 0.3 is 5.97 Å². The summed E-state index contributed by atoms with van der Waals surface area (Å²) in [4.78, 5) is 32.8. The quantitative estimate of drug-likeness (QED) is 0.516. The Balaban J connectivity index is 1.46. The fraction of sp³-hybridized carbons (Fsp3) is 0.333. The Morgan fingerprint density at radius 3 is 2.75 bits per heavy atom. The number of piperazine rings is 1. The molecule has 1 fully saturated rings. The lowest BCUT2D eigenvalue weighted by atomic mass is 10.1. The number of H-pyrrole nitrogens is 1. The molecule has 3 aromatic rings. The third-order valence-corrected chi connectivity index (χ3v) is 6.32. The van der Waals surface area contributed by atoms with Gasteiger partial charge in [0, 0.05) is 46.7 Å². The maximum absolute atomic E-state index is 12.9. The van der Waals surface area contributed by atoms with E-state index in [1.54, 1.807) is 0 Å². The minimum absolute atomic E-state index is 0.160. The maximum Gasteiger partial charge on any atom is 0.356 e. The zero-order chi connectivity index (χ0) is 22.8. The van der Waals surface area contributed by atoms with E-state index < -0.39 is 5.97 Å². The summed E-state index contributed by atoms with van der Waals surface area (Å²) < 4.78 is 5.75. The predicted octanol–water partition coefficient (Wildman–Crippen LogP) is 4.17. The molecule has 1 aliphatic rings. The molecule has 0 bridgehead atoms. The molecule has 1 saturated heterocycles. The Morgan fingerprint density at radius 2 is 2.03 bits per heavy atom. The summed E-state index contributed by atoms with van der Waals surface area (Å²) in [5, 5.41) is 3.70. The highest BCUT2D eigenvalue weighted by molar-refractivity contribution is 9.10. The van der Waals surface area contributed by atoms with Crippen molar-refractivity contribution >= 4 is 50.1 Å². The van der Waals surface area contributed by atoms with Crippen LogP contribution in [0.4, 0.5) is 11.4 Å². The van der Waals surface area contributed by atoms with Crippen LogP contribution in [-0.4, -0.2) is 61.1 Å². The summed E-state index contributed by atoms with van der Waals surface area (Å²) in [6.45, 7) is 6.96. The largest absolute Gasteiger partial charge is 0.464 e. The number of aromatic amines is 1. The molecule has 0 aliphatic carbocycles. The molecule has 8 heteroatoms. The Kier molecular flexibility index (Phi) is 6.53. The van der Waals surface area contributed by atoms with Gasteiger partial charge in [-0.15, -0.1) is 0 Å². The average molecular weight is 499 g/mol. The van der Waals surface area contributed by atoms with E-state index in [9.17, 15) is 9.59 Å². The molecule has 7 nitrogen and oxygen atoms in total. The highest BCUT2D eigenvalue weighted by atomic mass is 79.9. The number of anilines is 2. The van der Waals surface area contributed by atoms with Crippen LogP contribution in [0.3, 0.4) is 0 Å². The van der Waals surface area contributed by atoms with Crippen molar-refractivity contribution < 1.29 is 14.3 Å². The Labute approximate surface area is 195 Å². The van der Waals surface area contributed by atoms with Crippen LogP contribution in [0.15, 0.2) is 46.9 Å². The van der Waals surface area contributed by atoms with Gasteiger partial charge in [-0.3, -0.25) is 9.69 Å². The lowest BCUT2D eigenvalue weighted by molar-refractivity contribution is -0.117.